The van der Waals surface area contributed by atoms with Crippen molar-refractivity contribution in [3.63, 3.8) is 0 Å². The van der Waals surface area contributed by atoms with E-state index >= 15 is 0 Å². The number of rotatable bonds is 4. The first-order chi connectivity index (χ1) is 7.34. The lowest BCUT2D eigenvalue weighted by Gasteiger charge is -2.25. The maximum absolute atomic E-state index is 11.7. The fourth-order valence-electron chi connectivity index (χ4n) is 1.69. The van der Waals surface area contributed by atoms with Crippen molar-refractivity contribution in [2.45, 2.75) is 6.42 Å². The molecule has 0 aromatic carbocycles. The molecule has 0 spiro atoms. The Morgan fingerprint density at radius 3 is 2.81 bits per heavy atom. The first kappa shape index (κ1) is 13.6. The standard InChI is InChI=1S/C11H15NO2S.ClH/c13-11(7-10-1-6-15-9-10)8-12-2-4-14-5-3-12;/h1,6,9H,2-5,7-8H2;1H. The molecule has 0 atom stereocenters. The monoisotopic (exact) mass is 261 g/mol. The van der Waals surface area contributed by atoms with Crippen LogP contribution in [0.1, 0.15) is 5.56 Å². The lowest BCUT2D eigenvalue weighted by Crippen LogP contribution is -2.39. The van der Waals surface area contributed by atoms with E-state index in [-0.39, 0.29) is 12.4 Å². The Morgan fingerprint density at radius 1 is 1.44 bits per heavy atom. The van der Waals surface area contributed by atoms with Crippen molar-refractivity contribution in [1.82, 2.24) is 4.90 Å². The highest BCUT2D eigenvalue weighted by Gasteiger charge is 2.14. The number of hydrogen-bond acceptors (Lipinski definition) is 4. The van der Waals surface area contributed by atoms with Crippen LogP contribution in [-0.2, 0) is 16.0 Å². The number of carbonyl (C=O) groups is 1. The van der Waals surface area contributed by atoms with Crippen LogP contribution in [0.5, 0.6) is 0 Å². The summed E-state index contributed by atoms with van der Waals surface area (Å²) in [7, 11) is 0. The normalized spacial score (nSPS) is 16.8. The molecule has 0 radical (unpaired) electrons. The van der Waals surface area contributed by atoms with Gasteiger partial charge in [0.05, 0.1) is 19.8 Å². The van der Waals surface area contributed by atoms with Crippen LogP contribution in [0, 0.1) is 0 Å². The summed E-state index contributed by atoms with van der Waals surface area (Å²) < 4.78 is 5.24. The topological polar surface area (TPSA) is 29.5 Å². The molecular formula is C11H16ClNO2S. The third kappa shape index (κ3) is 4.22. The molecule has 1 aromatic heterocycles. The minimum absolute atomic E-state index is 0. The first-order valence-electron chi connectivity index (χ1n) is 5.17. The van der Waals surface area contributed by atoms with Crippen LogP contribution in [0.25, 0.3) is 0 Å². The number of nitrogens with zero attached hydrogens (tertiary/aromatic N) is 1. The number of thiophene rings is 1. The van der Waals surface area contributed by atoms with Gasteiger partial charge in [-0.2, -0.15) is 11.3 Å². The quantitative estimate of drug-likeness (QED) is 0.825. The molecule has 1 fully saturated rings. The molecule has 16 heavy (non-hydrogen) atoms. The van der Waals surface area contributed by atoms with Crippen molar-refractivity contribution in [2.75, 3.05) is 32.8 Å². The van der Waals surface area contributed by atoms with Gasteiger partial charge in [-0.05, 0) is 22.4 Å². The molecule has 90 valence electrons. The van der Waals surface area contributed by atoms with Crippen LogP contribution < -0.4 is 0 Å². The molecule has 2 heterocycles. The van der Waals surface area contributed by atoms with Crippen LogP contribution in [0.15, 0.2) is 16.8 Å². The highest BCUT2D eigenvalue weighted by Crippen LogP contribution is 2.07. The number of ether oxygens (including phenoxy) is 1. The molecule has 1 aliphatic heterocycles. The zero-order valence-corrected chi connectivity index (χ0v) is 10.7. The van der Waals surface area contributed by atoms with Crippen LogP contribution in [0.3, 0.4) is 0 Å². The zero-order valence-electron chi connectivity index (χ0n) is 9.05. The maximum Gasteiger partial charge on any atom is 0.151 e. The molecule has 1 aliphatic rings. The van der Waals surface area contributed by atoms with Gasteiger partial charge >= 0.3 is 0 Å². The van der Waals surface area contributed by atoms with Crippen LogP contribution in [0.2, 0.25) is 0 Å². The van der Waals surface area contributed by atoms with Crippen molar-refractivity contribution in [1.29, 1.82) is 0 Å². The zero-order chi connectivity index (χ0) is 10.5. The predicted octanol–water partition coefficient (Wildman–Crippen LogP) is 1.61. The number of ketones is 1. The Bertz CT molecular complexity index is 310. The molecule has 2 rings (SSSR count). The van der Waals surface area contributed by atoms with Gasteiger partial charge in [0.2, 0.25) is 0 Å². The van der Waals surface area contributed by atoms with Crippen molar-refractivity contribution >= 4 is 29.5 Å². The van der Waals surface area contributed by atoms with E-state index in [9.17, 15) is 4.79 Å². The second-order valence-electron chi connectivity index (χ2n) is 3.74. The Hall–Kier alpha value is -0.420. The summed E-state index contributed by atoms with van der Waals surface area (Å²) in [5.74, 6) is 0.301. The van der Waals surface area contributed by atoms with Crippen LogP contribution >= 0.6 is 23.7 Å². The lowest BCUT2D eigenvalue weighted by molar-refractivity contribution is -0.120. The molecule has 0 amide bonds. The Labute approximate surface area is 106 Å². The number of carbonyl (C=O) groups excluding carboxylic acids is 1. The van der Waals surface area contributed by atoms with Crippen LogP contribution in [-0.4, -0.2) is 43.5 Å². The van der Waals surface area contributed by atoms with E-state index in [1.54, 1.807) is 11.3 Å². The van der Waals surface area contributed by atoms with E-state index in [0.717, 1.165) is 31.9 Å². The van der Waals surface area contributed by atoms with Crippen molar-refractivity contribution in [3.05, 3.63) is 22.4 Å². The molecule has 0 aliphatic carbocycles. The van der Waals surface area contributed by atoms with E-state index in [4.69, 9.17) is 4.74 Å². The van der Waals surface area contributed by atoms with E-state index in [1.165, 1.54) is 0 Å². The summed E-state index contributed by atoms with van der Waals surface area (Å²) in [5, 5.41) is 4.05. The van der Waals surface area contributed by atoms with Gasteiger partial charge in [-0.1, -0.05) is 0 Å². The molecule has 0 saturated carbocycles. The summed E-state index contributed by atoms with van der Waals surface area (Å²) in [6, 6.07) is 2.02. The Balaban J connectivity index is 0.00000128. The highest BCUT2D eigenvalue weighted by molar-refractivity contribution is 7.07. The SMILES string of the molecule is Cl.O=C(Cc1ccsc1)CN1CCOCC1. The largest absolute Gasteiger partial charge is 0.379 e. The molecule has 1 aromatic rings. The van der Waals surface area contributed by atoms with E-state index in [0.29, 0.717) is 18.7 Å². The number of morpholine rings is 1. The van der Waals surface area contributed by atoms with Gasteiger partial charge < -0.3 is 4.74 Å². The second-order valence-corrected chi connectivity index (χ2v) is 4.52. The summed E-state index contributed by atoms with van der Waals surface area (Å²) in [5.41, 5.74) is 1.14. The number of halogens is 1. The first-order valence-corrected chi connectivity index (χ1v) is 6.12. The maximum atomic E-state index is 11.7. The summed E-state index contributed by atoms with van der Waals surface area (Å²) >= 11 is 1.64. The number of hydrogen-bond donors (Lipinski definition) is 0. The van der Waals surface area contributed by atoms with Gasteiger partial charge in [0.1, 0.15) is 0 Å². The third-order valence-electron chi connectivity index (χ3n) is 2.49. The molecular weight excluding hydrogens is 246 g/mol. The van der Waals surface area contributed by atoms with Crippen molar-refractivity contribution in [2.24, 2.45) is 0 Å². The number of Topliss-reactive ketones (excluding diaryl/α,β-unsaturated/α-hetero) is 1. The highest BCUT2D eigenvalue weighted by atomic mass is 35.5. The summed E-state index contributed by atoms with van der Waals surface area (Å²) in [4.78, 5) is 13.9. The minimum Gasteiger partial charge on any atom is -0.379 e. The minimum atomic E-state index is 0. The molecule has 5 heteroatoms. The van der Waals surface area contributed by atoms with Gasteiger partial charge in [-0.3, -0.25) is 9.69 Å². The van der Waals surface area contributed by atoms with Gasteiger partial charge in [0.15, 0.2) is 5.78 Å². The van der Waals surface area contributed by atoms with Gasteiger partial charge in [0.25, 0.3) is 0 Å². The van der Waals surface area contributed by atoms with E-state index < -0.39 is 0 Å². The fourth-order valence-corrected chi connectivity index (χ4v) is 2.35. The molecule has 1 saturated heterocycles. The van der Waals surface area contributed by atoms with Gasteiger partial charge in [0, 0.05) is 19.5 Å². The fraction of sp³-hybridized carbons (Fsp3) is 0.545. The van der Waals surface area contributed by atoms with Gasteiger partial charge in [-0.25, -0.2) is 0 Å². The van der Waals surface area contributed by atoms with Crippen molar-refractivity contribution in [3.8, 4) is 0 Å². The Morgan fingerprint density at radius 2 is 2.19 bits per heavy atom. The van der Waals surface area contributed by atoms with Crippen molar-refractivity contribution < 1.29 is 9.53 Å². The predicted molar refractivity (Wildman–Crippen MR) is 67.5 cm³/mol. The summed E-state index contributed by atoms with van der Waals surface area (Å²) in [6.45, 7) is 3.85. The average Bonchev–Trinajstić information content (AvgIpc) is 2.71. The molecule has 0 bridgehead atoms. The summed E-state index contributed by atoms with van der Waals surface area (Å²) in [6.07, 6.45) is 0.570. The average molecular weight is 262 g/mol. The molecule has 3 nitrogen and oxygen atoms in total. The second kappa shape index (κ2) is 7.01. The van der Waals surface area contributed by atoms with E-state index in [1.807, 2.05) is 16.8 Å². The lowest BCUT2D eigenvalue weighted by atomic mass is 10.1. The smallest absolute Gasteiger partial charge is 0.151 e. The van der Waals surface area contributed by atoms with Gasteiger partial charge in [-0.15, -0.1) is 12.4 Å². The third-order valence-corrected chi connectivity index (χ3v) is 3.22. The van der Waals surface area contributed by atoms with E-state index in [2.05, 4.69) is 4.90 Å². The molecule has 0 N–H and O–H groups in total. The van der Waals surface area contributed by atoms with Crippen LogP contribution in [0.4, 0.5) is 0 Å². The molecule has 0 unspecified atom stereocenters. The Kier molecular flexibility index (Phi) is 5.98.